The minimum atomic E-state index is -0.453. The molecular weight excluding hydrogens is 398 g/mol. The molecule has 1 aromatic rings. The predicted octanol–water partition coefficient (Wildman–Crippen LogP) is 0.914. The lowest BCUT2D eigenvalue weighted by Gasteiger charge is -2.35. The Morgan fingerprint density at radius 2 is 1.86 bits per heavy atom. The number of nitrogens with one attached hydrogen (secondary N) is 5. The molecule has 0 aromatic carbocycles. The Hall–Kier alpha value is -2.20. The Labute approximate surface area is 174 Å². The first-order valence-corrected chi connectivity index (χ1v) is 10.6. The third kappa shape index (κ3) is 7.08. The maximum absolute atomic E-state index is 11.8. The number of hydrazine groups is 1. The van der Waals surface area contributed by atoms with E-state index < -0.39 is 11.8 Å². The van der Waals surface area contributed by atoms with Crippen LogP contribution in [-0.4, -0.2) is 42.0 Å². The number of hydrogen-bond donors (Lipinski definition) is 5. The van der Waals surface area contributed by atoms with Gasteiger partial charge in [0, 0.05) is 6.04 Å². The molecule has 1 aliphatic carbocycles. The van der Waals surface area contributed by atoms with E-state index in [0.717, 1.165) is 12.8 Å². The maximum Gasteiger partial charge on any atom is 0.261 e. The van der Waals surface area contributed by atoms with Gasteiger partial charge in [-0.15, -0.1) is 11.3 Å². The lowest BCUT2D eigenvalue weighted by atomic mass is 9.78. The van der Waals surface area contributed by atoms with Gasteiger partial charge in [0.1, 0.15) is 0 Å². The van der Waals surface area contributed by atoms with Crippen LogP contribution in [0.2, 0.25) is 0 Å². The average Bonchev–Trinajstić information content (AvgIpc) is 3.21. The predicted molar refractivity (Wildman–Crippen MR) is 113 cm³/mol. The Balaban J connectivity index is 1.59. The van der Waals surface area contributed by atoms with Crippen molar-refractivity contribution < 1.29 is 14.4 Å². The first-order chi connectivity index (χ1) is 13.4. The van der Waals surface area contributed by atoms with Gasteiger partial charge in [0.2, 0.25) is 5.91 Å². The van der Waals surface area contributed by atoms with Crippen molar-refractivity contribution >= 4 is 46.4 Å². The monoisotopic (exact) mass is 425 g/mol. The highest BCUT2D eigenvalue weighted by atomic mass is 32.1. The zero-order valence-electron chi connectivity index (χ0n) is 16.0. The highest BCUT2D eigenvalue weighted by Gasteiger charge is 2.27. The normalized spacial score (nSPS) is 21.3. The minimum Gasteiger partial charge on any atom is -0.358 e. The van der Waals surface area contributed by atoms with Gasteiger partial charge in [-0.2, -0.15) is 0 Å². The number of carbonyl (C=O) groups excluding carboxylic acids is 3. The van der Waals surface area contributed by atoms with Crippen molar-refractivity contribution in [2.45, 2.75) is 39.2 Å². The van der Waals surface area contributed by atoms with Crippen LogP contribution in [0, 0.1) is 11.8 Å². The summed E-state index contributed by atoms with van der Waals surface area (Å²) in [6.07, 6.45) is 3.44. The minimum absolute atomic E-state index is 0.199. The van der Waals surface area contributed by atoms with Crippen LogP contribution in [0.4, 0.5) is 0 Å². The van der Waals surface area contributed by atoms with Gasteiger partial charge in [-0.3, -0.25) is 25.2 Å². The summed E-state index contributed by atoms with van der Waals surface area (Å²) in [6, 6.07) is 3.71. The van der Waals surface area contributed by atoms with Gasteiger partial charge in [0.25, 0.3) is 11.8 Å². The molecule has 1 aliphatic rings. The van der Waals surface area contributed by atoms with Crippen molar-refractivity contribution in [2.24, 2.45) is 11.8 Å². The standard InChI is InChI=1S/C18H27N5O3S2/c1-11-5-3-6-13(12(11)2)21-18(27)23-22-16(25)10-19-15(24)9-20-17(26)14-7-4-8-28-14/h4,7-8,11-13H,3,5-6,9-10H2,1-2H3,(H,19,24)(H,20,26)(H,22,25)(H2,21,23,27)/t11-,12-,13-/m1/s1. The van der Waals surface area contributed by atoms with E-state index in [4.69, 9.17) is 12.2 Å². The van der Waals surface area contributed by atoms with Crippen molar-refractivity contribution in [3.05, 3.63) is 22.4 Å². The fourth-order valence-corrected chi connectivity index (χ4v) is 3.90. The van der Waals surface area contributed by atoms with Gasteiger partial charge in [-0.25, -0.2) is 0 Å². The van der Waals surface area contributed by atoms with E-state index in [1.165, 1.54) is 17.8 Å². The molecule has 1 heterocycles. The lowest BCUT2D eigenvalue weighted by molar-refractivity contribution is -0.125. The number of thiocarbonyl (C=S) groups is 1. The number of amides is 3. The second-order valence-corrected chi connectivity index (χ2v) is 8.31. The molecule has 8 nitrogen and oxygen atoms in total. The zero-order chi connectivity index (χ0) is 20.5. The second kappa shape index (κ2) is 11.0. The molecule has 10 heteroatoms. The van der Waals surface area contributed by atoms with E-state index in [2.05, 4.69) is 40.6 Å². The van der Waals surface area contributed by atoms with Crippen LogP contribution in [0.15, 0.2) is 17.5 Å². The number of carbonyl (C=O) groups is 3. The maximum atomic E-state index is 11.8. The second-order valence-electron chi connectivity index (χ2n) is 6.96. The van der Waals surface area contributed by atoms with Crippen molar-refractivity contribution in [3.8, 4) is 0 Å². The summed E-state index contributed by atoms with van der Waals surface area (Å²) in [5.74, 6) is -0.0658. The van der Waals surface area contributed by atoms with Crippen molar-refractivity contribution in [1.29, 1.82) is 0 Å². The molecule has 2 rings (SSSR count). The van der Waals surface area contributed by atoms with Crippen molar-refractivity contribution in [2.75, 3.05) is 13.1 Å². The smallest absolute Gasteiger partial charge is 0.261 e. The van der Waals surface area contributed by atoms with E-state index in [1.54, 1.807) is 17.5 Å². The van der Waals surface area contributed by atoms with Gasteiger partial charge < -0.3 is 16.0 Å². The number of hydrogen-bond acceptors (Lipinski definition) is 5. The molecule has 28 heavy (non-hydrogen) atoms. The number of thiophene rings is 1. The molecule has 3 amide bonds. The van der Waals surface area contributed by atoms with Crippen LogP contribution in [0.1, 0.15) is 42.8 Å². The molecular formula is C18H27N5O3S2. The van der Waals surface area contributed by atoms with E-state index in [0.29, 0.717) is 21.8 Å². The quantitative estimate of drug-likeness (QED) is 0.342. The number of rotatable bonds is 6. The summed E-state index contributed by atoms with van der Waals surface area (Å²) < 4.78 is 0. The summed E-state index contributed by atoms with van der Waals surface area (Å²) in [6.45, 7) is 4.02. The lowest BCUT2D eigenvalue weighted by Crippen LogP contribution is -2.54. The van der Waals surface area contributed by atoms with Gasteiger partial charge in [-0.05, 0) is 41.9 Å². The topological polar surface area (TPSA) is 111 Å². The van der Waals surface area contributed by atoms with Crippen LogP contribution >= 0.6 is 23.6 Å². The largest absolute Gasteiger partial charge is 0.358 e. The van der Waals surface area contributed by atoms with Crippen LogP contribution in [0.25, 0.3) is 0 Å². The molecule has 0 unspecified atom stereocenters. The highest BCUT2D eigenvalue weighted by molar-refractivity contribution is 7.80. The van der Waals surface area contributed by atoms with Gasteiger partial charge in [0.15, 0.2) is 5.11 Å². The molecule has 0 radical (unpaired) electrons. The molecule has 1 aromatic heterocycles. The molecule has 0 spiro atoms. The molecule has 154 valence electrons. The molecule has 1 saturated carbocycles. The fourth-order valence-electron chi connectivity index (χ4n) is 3.06. The molecule has 3 atom stereocenters. The molecule has 0 aliphatic heterocycles. The van der Waals surface area contributed by atoms with Gasteiger partial charge >= 0.3 is 0 Å². The molecule has 1 fully saturated rings. The van der Waals surface area contributed by atoms with Crippen LogP contribution in [0.3, 0.4) is 0 Å². The van der Waals surface area contributed by atoms with E-state index >= 15 is 0 Å². The Morgan fingerprint density at radius 1 is 1.11 bits per heavy atom. The molecule has 5 N–H and O–H groups in total. The van der Waals surface area contributed by atoms with Crippen LogP contribution < -0.4 is 26.8 Å². The summed E-state index contributed by atoms with van der Waals surface area (Å²) in [5.41, 5.74) is 5.11. The first kappa shape index (κ1) is 22.1. The van der Waals surface area contributed by atoms with Crippen molar-refractivity contribution in [1.82, 2.24) is 26.8 Å². The van der Waals surface area contributed by atoms with E-state index in [9.17, 15) is 14.4 Å². The van der Waals surface area contributed by atoms with E-state index in [-0.39, 0.29) is 25.0 Å². The third-order valence-corrected chi connectivity index (χ3v) is 6.03. The first-order valence-electron chi connectivity index (χ1n) is 9.30. The SMILES string of the molecule is C[C@@H]1[C@H](C)CCC[C@H]1NC(=S)NNC(=O)CNC(=O)CNC(=O)c1cccs1. The summed E-state index contributed by atoms with van der Waals surface area (Å²) in [4.78, 5) is 35.8. The van der Waals surface area contributed by atoms with Crippen molar-refractivity contribution in [3.63, 3.8) is 0 Å². The Morgan fingerprint density at radius 3 is 2.57 bits per heavy atom. The van der Waals surface area contributed by atoms with E-state index in [1.807, 2.05) is 0 Å². The summed E-state index contributed by atoms with van der Waals surface area (Å²) >= 11 is 6.51. The van der Waals surface area contributed by atoms with Crippen LogP contribution in [-0.2, 0) is 9.59 Å². The fraction of sp³-hybridized carbons (Fsp3) is 0.556. The Bertz CT molecular complexity index is 695. The van der Waals surface area contributed by atoms with Crippen LogP contribution in [0.5, 0.6) is 0 Å². The summed E-state index contributed by atoms with van der Waals surface area (Å²) in [7, 11) is 0. The zero-order valence-corrected chi connectivity index (χ0v) is 17.7. The molecule has 0 bridgehead atoms. The average molecular weight is 426 g/mol. The molecule has 0 saturated heterocycles. The third-order valence-electron chi connectivity index (χ3n) is 4.94. The Kier molecular flexibility index (Phi) is 8.65. The van der Waals surface area contributed by atoms with Gasteiger partial charge in [-0.1, -0.05) is 32.8 Å². The van der Waals surface area contributed by atoms with Gasteiger partial charge in [0.05, 0.1) is 18.0 Å². The highest BCUT2D eigenvalue weighted by Crippen LogP contribution is 2.29. The summed E-state index contributed by atoms with van der Waals surface area (Å²) in [5, 5.41) is 10.3.